The Kier molecular flexibility index (Phi) is 5.14. The van der Waals surface area contributed by atoms with Crippen LogP contribution in [0.5, 0.6) is 0 Å². The van der Waals surface area contributed by atoms with Crippen LogP contribution in [0.25, 0.3) is 0 Å². The summed E-state index contributed by atoms with van der Waals surface area (Å²) in [5.74, 6) is -0.700. The minimum Gasteiger partial charge on any atom is -0.393 e. The number of benzene rings is 1. The number of carbonyl (C=O) groups is 2. The number of rotatable bonds is 5. The van der Waals surface area contributed by atoms with Crippen LogP contribution < -0.4 is 10.2 Å². The highest BCUT2D eigenvalue weighted by Crippen LogP contribution is 2.24. The summed E-state index contributed by atoms with van der Waals surface area (Å²) in [6.07, 6.45) is 1.60. The Labute approximate surface area is 144 Å². The molecule has 1 aliphatic rings. The summed E-state index contributed by atoms with van der Waals surface area (Å²) < 4.78 is 14.4. The number of hydrogen-bond acceptors (Lipinski definition) is 4. The number of anilines is 1. The molecular weight excluding hydrogens is 325 g/mol. The summed E-state index contributed by atoms with van der Waals surface area (Å²) in [6, 6.07) is 7.93. The molecule has 0 atom stereocenters. The second-order valence-corrected chi connectivity index (χ2v) is 6.13. The van der Waals surface area contributed by atoms with E-state index in [4.69, 9.17) is 0 Å². The van der Waals surface area contributed by atoms with Gasteiger partial charge in [-0.3, -0.25) is 9.59 Å². The number of carbonyl (C=O) groups excluding carboxylic acids is 2. The molecule has 25 heavy (non-hydrogen) atoms. The van der Waals surface area contributed by atoms with Crippen LogP contribution in [0.3, 0.4) is 0 Å². The minimum atomic E-state index is -0.359. The van der Waals surface area contributed by atoms with Crippen LogP contribution in [-0.2, 0) is 6.54 Å². The second kappa shape index (κ2) is 7.48. The lowest BCUT2D eigenvalue weighted by Crippen LogP contribution is -2.36. The Hall–Kier alpha value is -2.67. The first-order valence-corrected chi connectivity index (χ1v) is 8.20. The number of piperidine rings is 1. The molecule has 3 N–H and O–H groups in total. The molecule has 0 radical (unpaired) electrons. The van der Waals surface area contributed by atoms with Gasteiger partial charge in [0.2, 0.25) is 0 Å². The van der Waals surface area contributed by atoms with Crippen molar-refractivity contribution in [2.45, 2.75) is 25.5 Å². The van der Waals surface area contributed by atoms with Crippen LogP contribution >= 0.6 is 0 Å². The molecule has 1 saturated heterocycles. The summed E-state index contributed by atoms with van der Waals surface area (Å²) in [6.45, 7) is 1.43. The fraction of sp³-hybridized carbons (Fsp3) is 0.333. The minimum absolute atomic E-state index is 0.185. The lowest BCUT2D eigenvalue weighted by Gasteiger charge is -2.31. The van der Waals surface area contributed by atoms with Gasteiger partial charge in [0, 0.05) is 19.6 Å². The number of halogens is 1. The third-order valence-corrected chi connectivity index (χ3v) is 4.35. The van der Waals surface area contributed by atoms with E-state index in [1.54, 1.807) is 12.1 Å². The molecule has 1 aromatic carbocycles. The maximum absolute atomic E-state index is 14.4. The number of aliphatic hydroxyl groups excluding tert-OH is 1. The van der Waals surface area contributed by atoms with E-state index in [0.717, 1.165) is 0 Å². The summed E-state index contributed by atoms with van der Waals surface area (Å²) in [5, 5.41) is 12.2. The second-order valence-electron chi connectivity index (χ2n) is 6.13. The number of nitrogens with zero attached hydrogens (tertiary/aromatic N) is 1. The molecule has 0 bridgehead atoms. The molecule has 2 heterocycles. The number of H-pyrrole nitrogens is 1. The van der Waals surface area contributed by atoms with E-state index in [2.05, 4.69) is 10.3 Å². The predicted molar refractivity (Wildman–Crippen MR) is 91.2 cm³/mol. The van der Waals surface area contributed by atoms with E-state index in [1.807, 2.05) is 4.90 Å². The van der Waals surface area contributed by atoms with Gasteiger partial charge in [0.15, 0.2) is 6.29 Å². The zero-order valence-corrected chi connectivity index (χ0v) is 13.7. The van der Waals surface area contributed by atoms with Crippen molar-refractivity contribution in [3.63, 3.8) is 0 Å². The molecule has 0 unspecified atom stereocenters. The highest BCUT2D eigenvalue weighted by atomic mass is 19.1. The Morgan fingerprint density at radius 2 is 2.08 bits per heavy atom. The van der Waals surface area contributed by atoms with Crippen LogP contribution in [0.1, 0.15) is 39.4 Å². The number of aldehydes is 1. The summed E-state index contributed by atoms with van der Waals surface area (Å²) in [7, 11) is 0. The van der Waals surface area contributed by atoms with Crippen LogP contribution in [-0.4, -0.2) is 41.5 Å². The molecule has 0 spiro atoms. The third-order valence-electron chi connectivity index (χ3n) is 4.35. The molecule has 1 aliphatic heterocycles. The number of nitrogens with one attached hydrogen (secondary N) is 2. The molecule has 1 aromatic heterocycles. The Morgan fingerprint density at radius 3 is 2.72 bits per heavy atom. The van der Waals surface area contributed by atoms with Gasteiger partial charge in [-0.1, -0.05) is 6.07 Å². The van der Waals surface area contributed by atoms with Gasteiger partial charge in [0.05, 0.1) is 17.5 Å². The van der Waals surface area contributed by atoms with Crippen molar-refractivity contribution in [3.8, 4) is 0 Å². The van der Waals surface area contributed by atoms with Crippen LogP contribution in [0.15, 0.2) is 30.3 Å². The molecule has 1 amide bonds. The zero-order chi connectivity index (χ0) is 17.8. The quantitative estimate of drug-likeness (QED) is 0.722. The van der Waals surface area contributed by atoms with E-state index < -0.39 is 0 Å². The Balaban J connectivity index is 1.61. The van der Waals surface area contributed by atoms with Gasteiger partial charge >= 0.3 is 0 Å². The molecule has 1 fully saturated rings. The SMILES string of the molecule is O=Cc1ccc(C(=O)NCc2ccc(N3CCC(O)CC3)c(F)c2)[nH]1. The van der Waals surface area contributed by atoms with Gasteiger partial charge < -0.3 is 20.3 Å². The maximum atomic E-state index is 14.4. The van der Waals surface area contributed by atoms with Crippen molar-refractivity contribution < 1.29 is 19.1 Å². The number of amides is 1. The average molecular weight is 345 g/mol. The fourth-order valence-electron chi connectivity index (χ4n) is 2.91. The molecule has 0 saturated carbocycles. The van der Waals surface area contributed by atoms with Crippen molar-refractivity contribution in [3.05, 3.63) is 53.1 Å². The fourth-order valence-corrected chi connectivity index (χ4v) is 2.91. The van der Waals surface area contributed by atoms with E-state index in [-0.39, 0.29) is 30.1 Å². The van der Waals surface area contributed by atoms with Crippen LogP contribution in [0, 0.1) is 5.82 Å². The van der Waals surface area contributed by atoms with Crippen molar-refractivity contribution in [1.29, 1.82) is 0 Å². The molecule has 0 aliphatic carbocycles. The third kappa shape index (κ3) is 4.06. The zero-order valence-electron chi connectivity index (χ0n) is 13.7. The van der Waals surface area contributed by atoms with Crippen LogP contribution in [0.2, 0.25) is 0 Å². The summed E-state index contributed by atoms with van der Waals surface area (Å²) in [5.41, 5.74) is 1.77. The van der Waals surface area contributed by atoms with Crippen molar-refractivity contribution >= 4 is 17.9 Å². The number of aliphatic hydroxyl groups is 1. The first-order valence-electron chi connectivity index (χ1n) is 8.20. The van der Waals surface area contributed by atoms with Gasteiger partial charge in [0.25, 0.3) is 5.91 Å². The monoisotopic (exact) mass is 345 g/mol. The average Bonchev–Trinajstić information content (AvgIpc) is 3.10. The lowest BCUT2D eigenvalue weighted by atomic mass is 10.1. The van der Waals surface area contributed by atoms with Gasteiger partial charge in [-0.05, 0) is 42.7 Å². The van der Waals surface area contributed by atoms with Crippen LogP contribution in [0.4, 0.5) is 10.1 Å². The first kappa shape index (κ1) is 17.2. The highest BCUT2D eigenvalue weighted by Gasteiger charge is 2.19. The summed E-state index contributed by atoms with van der Waals surface area (Å²) in [4.78, 5) is 27.2. The van der Waals surface area contributed by atoms with E-state index >= 15 is 0 Å². The smallest absolute Gasteiger partial charge is 0.267 e. The van der Waals surface area contributed by atoms with E-state index in [9.17, 15) is 19.1 Å². The van der Waals surface area contributed by atoms with Gasteiger partial charge in [-0.2, -0.15) is 0 Å². The largest absolute Gasteiger partial charge is 0.393 e. The lowest BCUT2D eigenvalue weighted by molar-refractivity contribution is 0.0946. The summed E-state index contributed by atoms with van der Waals surface area (Å²) >= 11 is 0. The normalized spacial score (nSPS) is 15.2. The number of aromatic amines is 1. The molecule has 2 aromatic rings. The predicted octanol–water partition coefficient (Wildman–Crippen LogP) is 1.86. The number of hydrogen-bond donors (Lipinski definition) is 3. The standard InChI is InChI=1S/C18H20FN3O3/c19-15-9-12(1-4-17(15)22-7-5-14(24)6-8-22)10-20-18(25)16-3-2-13(11-23)21-16/h1-4,9,11,14,21,24H,5-8,10H2,(H,20,25). The van der Waals surface area contributed by atoms with Gasteiger partial charge in [0.1, 0.15) is 11.5 Å². The maximum Gasteiger partial charge on any atom is 0.267 e. The van der Waals surface area contributed by atoms with E-state index in [1.165, 1.54) is 18.2 Å². The van der Waals surface area contributed by atoms with Crippen molar-refractivity contribution in [2.75, 3.05) is 18.0 Å². The molecule has 132 valence electrons. The molecule has 3 rings (SSSR count). The van der Waals surface area contributed by atoms with Crippen molar-refractivity contribution in [1.82, 2.24) is 10.3 Å². The topological polar surface area (TPSA) is 85.4 Å². The van der Waals surface area contributed by atoms with Gasteiger partial charge in [-0.15, -0.1) is 0 Å². The van der Waals surface area contributed by atoms with Crippen molar-refractivity contribution in [2.24, 2.45) is 0 Å². The molecule has 6 nitrogen and oxygen atoms in total. The molecule has 7 heteroatoms. The van der Waals surface area contributed by atoms with Gasteiger partial charge in [-0.25, -0.2) is 4.39 Å². The van der Waals surface area contributed by atoms with E-state index in [0.29, 0.717) is 49.2 Å². The molecular formula is C18H20FN3O3. The Morgan fingerprint density at radius 1 is 1.32 bits per heavy atom. The Bertz CT molecular complexity index is 767. The number of aromatic nitrogens is 1. The highest BCUT2D eigenvalue weighted by molar-refractivity contribution is 5.93. The first-order chi connectivity index (χ1) is 12.1.